The maximum Gasteiger partial charge on any atom is 0.181 e. The molecular formula is C14H24FNO4. The van der Waals surface area contributed by atoms with Crippen molar-refractivity contribution in [2.75, 3.05) is 19.8 Å². The molecule has 0 radical (unpaired) electrons. The number of hydrogen-bond acceptors (Lipinski definition) is 4. The average Bonchev–Trinajstić information content (AvgIpc) is 2.87. The Morgan fingerprint density at radius 1 is 1.35 bits per heavy atom. The van der Waals surface area contributed by atoms with Crippen molar-refractivity contribution in [3.63, 3.8) is 0 Å². The molecule has 0 spiro atoms. The molecular weight excluding hydrogens is 265 g/mol. The van der Waals surface area contributed by atoms with Gasteiger partial charge in [-0.2, -0.15) is 0 Å². The van der Waals surface area contributed by atoms with Gasteiger partial charge in [0.05, 0.1) is 12.7 Å². The highest BCUT2D eigenvalue weighted by atomic mass is 19.0. The highest BCUT2D eigenvalue weighted by Crippen LogP contribution is 2.27. The number of nitrogens with zero attached hydrogens (tertiary/aromatic N) is 1. The lowest BCUT2D eigenvalue weighted by Gasteiger charge is -2.16. The fourth-order valence-electron chi connectivity index (χ4n) is 1.89. The van der Waals surface area contributed by atoms with Gasteiger partial charge in [0.1, 0.15) is 6.23 Å². The number of hydrogen-bond donors (Lipinski definition) is 1. The van der Waals surface area contributed by atoms with E-state index in [4.69, 9.17) is 14.6 Å². The second-order valence-corrected chi connectivity index (χ2v) is 4.25. The lowest BCUT2D eigenvalue weighted by Crippen LogP contribution is -2.17. The monoisotopic (exact) mass is 289 g/mol. The van der Waals surface area contributed by atoms with Crippen LogP contribution in [0.2, 0.25) is 0 Å². The number of aliphatic hydroxyl groups excluding tert-OH is 1. The van der Waals surface area contributed by atoms with Gasteiger partial charge >= 0.3 is 0 Å². The SMILES string of the molecule is CCO.CCOC[C@@H]1CC[C@H](n2ccc(=O)cc2)O1.F. The molecule has 1 saturated heterocycles. The molecule has 1 aromatic rings. The lowest BCUT2D eigenvalue weighted by molar-refractivity contribution is -0.0392. The van der Waals surface area contributed by atoms with Crippen LogP contribution in [-0.4, -0.2) is 35.6 Å². The van der Waals surface area contributed by atoms with Crippen molar-refractivity contribution in [3.05, 3.63) is 34.7 Å². The normalized spacial score (nSPS) is 20.8. The largest absolute Gasteiger partial charge is 0.397 e. The maximum atomic E-state index is 11.0. The molecule has 0 saturated carbocycles. The number of aromatic nitrogens is 1. The Bertz CT molecular complexity index is 390. The standard InChI is InChI=1S/C12H17NO3.C2H6O.FH/c1-2-15-9-11-3-4-12(16-11)13-7-5-10(14)6-8-13;1-2-3;/h5-8,11-12H,2-4,9H2,1H3;3H,2H2,1H3;1H/t11-,12+;;/m0../s1. The van der Waals surface area contributed by atoms with Gasteiger partial charge in [-0.25, -0.2) is 0 Å². The molecule has 1 N–H and O–H groups in total. The smallest absolute Gasteiger partial charge is 0.181 e. The minimum absolute atomic E-state index is 0. The number of rotatable bonds is 4. The third-order valence-electron chi connectivity index (χ3n) is 2.75. The van der Waals surface area contributed by atoms with Crippen LogP contribution < -0.4 is 5.43 Å². The van der Waals surface area contributed by atoms with Gasteiger partial charge in [0.25, 0.3) is 0 Å². The molecule has 6 heteroatoms. The van der Waals surface area contributed by atoms with Crippen LogP contribution in [0.15, 0.2) is 29.3 Å². The van der Waals surface area contributed by atoms with Gasteiger partial charge in [-0.3, -0.25) is 9.50 Å². The predicted molar refractivity (Wildman–Crippen MR) is 75.6 cm³/mol. The fraction of sp³-hybridized carbons (Fsp3) is 0.643. The van der Waals surface area contributed by atoms with Crippen molar-refractivity contribution in [3.8, 4) is 0 Å². The van der Waals surface area contributed by atoms with E-state index < -0.39 is 0 Å². The average molecular weight is 289 g/mol. The molecule has 0 aromatic carbocycles. The van der Waals surface area contributed by atoms with Gasteiger partial charge in [-0.15, -0.1) is 0 Å². The van der Waals surface area contributed by atoms with Crippen LogP contribution in [0.25, 0.3) is 0 Å². The predicted octanol–water partition coefficient (Wildman–Crippen LogP) is 1.71. The van der Waals surface area contributed by atoms with E-state index in [1.165, 1.54) is 0 Å². The minimum atomic E-state index is 0. The van der Waals surface area contributed by atoms with E-state index >= 15 is 0 Å². The lowest BCUT2D eigenvalue weighted by atomic mass is 10.2. The summed E-state index contributed by atoms with van der Waals surface area (Å²) in [5, 5.41) is 7.57. The van der Waals surface area contributed by atoms with Crippen LogP contribution in [0.4, 0.5) is 4.70 Å². The first-order chi connectivity index (χ1) is 9.21. The molecule has 1 fully saturated rings. The van der Waals surface area contributed by atoms with Crippen molar-refractivity contribution >= 4 is 0 Å². The highest BCUT2D eigenvalue weighted by Gasteiger charge is 2.25. The summed E-state index contributed by atoms with van der Waals surface area (Å²) in [6.07, 6.45) is 5.76. The van der Waals surface area contributed by atoms with Crippen LogP contribution in [-0.2, 0) is 9.47 Å². The van der Waals surface area contributed by atoms with Crippen molar-refractivity contribution < 1.29 is 19.3 Å². The van der Waals surface area contributed by atoms with Crippen LogP contribution in [0.1, 0.15) is 32.9 Å². The van der Waals surface area contributed by atoms with Crippen LogP contribution in [0, 0.1) is 0 Å². The number of aliphatic hydroxyl groups is 1. The van der Waals surface area contributed by atoms with Crippen molar-refractivity contribution in [1.29, 1.82) is 0 Å². The molecule has 1 aromatic heterocycles. The molecule has 116 valence electrons. The second kappa shape index (κ2) is 10.5. The van der Waals surface area contributed by atoms with Gasteiger partial charge < -0.3 is 19.1 Å². The van der Waals surface area contributed by atoms with E-state index in [1.54, 1.807) is 31.5 Å². The Hall–Kier alpha value is -1.24. The third-order valence-corrected chi connectivity index (χ3v) is 2.75. The van der Waals surface area contributed by atoms with Crippen molar-refractivity contribution in [2.45, 2.75) is 39.0 Å². The summed E-state index contributed by atoms with van der Waals surface area (Å²) in [5.74, 6) is 0. The molecule has 0 unspecified atom stereocenters. The molecule has 2 atom stereocenters. The second-order valence-electron chi connectivity index (χ2n) is 4.25. The van der Waals surface area contributed by atoms with E-state index in [0.717, 1.165) is 19.4 Å². The van der Waals surface area contributed by atoms with E-state index in [1.807, 2.05) is 11.5 Å². The summed E-state index contributed by atoms with van der Waals surface area (Å²) in [4.78, 5) is 11.0. The quantitative estimate of drug-likeness (QED) is 0.916. The first-order valence-corrected chi connectivity index (χ1v) is 6.73. The van der Waals surface area contributed by atoms with Crippen LogP contribution in [0.3, 0.4) is 0 Å². The molecule has 1 aliphatic heterocycles. The topological polar surface area (TPSA) is 60.7 Å². The van der Waals surface area contributed by atoms with Gasteiger partial charge in [0.2, 0.25) is 0 Å². The van der Waals surface area contributed by atoms with Gasteiger partial charge in [-0.1, -0.05) is 0 Å². The Kier molecular flexibility index (Phi) is 9.88. The fourth-order valence-corrected chi connectivity index (χ4v) is 1.89. The van der Waals surface area contributed by atoms with E-state index in [0.29, 0.717) is 6.61 Å². The van der Waals surface area contributed by atoms with Crippen LogP contribution >= 0.6 is 0 Å². The molecule has 2 heterocycles. The van der Waals surface area contributed by atoms with E-state index in [2.05, 4.69) is 0 Å². The zero-order valence-corrected chi connectivity index (χ0v) is 12.0. The molecule has 2 rings (SSSR count). The zero-order chi connectivity index (χ0) is 14.1. The summed E-state index contributed by atoms with van der Waals surface area (Å²) in [7, 11) is 0. The Balaban J connectivity index is 0.000000830. The summed E-state index contributed by atoms with van der Waals surface area (Å²) in [5.41, 5.74) is 0.0279. The summed E-state index contributed by atoms with van der Waals surface area (Å²) < 4.78 is 13.1. The van der Waals surface area contributed by atoms with E-state index in [-0.39, 0.29) is 29.1 Å². The highest BCUT2D eigenvalue weighted by molar-refractivity contribution is 4.95. The maximum absolute atomic E-state index is 11.0. The minimum Gasteiger partial charge on any atom is -0.397 e. The Morgan fingerprint density at radius 2 is 1.95 bits per heavy atom. The third kappa shape index (κ3) is 6.27. The Labute approximate surface area is 118 Å². The van der Waals surface area contributed by atoms with Gasteiger partial charge in [0, 0.05) is 37.7 Å². The molecule has 0 bridgehead atoms. The molecule has 0 amide bonds. The number of pyridine rings is 1. The first-order valence-electron chi connectivity index (χ1n) is 6.73. The van der Waals surface area contributed by atoms with Gasteiger partial charge in [0.15, 0.2) is 5.43 Å². The van der Waals surface area contributed by atoms with E-state index in [9.17, 15) is 4.79 Å². The van der Waals surface area contributed by atoms with Gasteiger partial charge in [-0.05, 0) is 26.7 Å². The molecule has 20 heavy (non-hydrogen) atoms. The van der Waals surface area contributed by atoms with Crippen molar-refractivity contribution in [2.24, 2.45) is 0 Å². The number of halogens is 1. The Morgan fingerprint density at radius 3 is 2.50 bits per heavy atom. The summed E-state index contributed by atoms with van der Waals surface area (Å²) >= 11 is 0. The number of ether oxygens (including phenoxy) is 2. The zero-order valence-electron chi connectivity index (χ0n) is 12.0. The summed E-state index contributed by atoms with van der Waals surface area (Å²) in [6.45, 7) is 5.30. The van der Waals surface area contributed by atoms with Crippen LogP contribution in [0.5, 0.6) is 0 Å². The van der Waals surface area contributed by atoms with Crippen molar-refractivity contribution in [1.82, 2.24) is 4.57 Å². The molecule has 1 aliphatic rings. The first kappa shape index (κ1) is 18.8. The molecule has 0 aliphatic carbocycles. The summed E-state index contributed by atoms with van der Waals surface area (Å²) in [6, 6.07) is 3.11. The molecule has 5 nitrogen and oxygen atoms in total.